The first-order valence-corrected chi connectivity index (χ1v) is 7.86. The largest absolute Gasteiger partial charge is 0.486 e. The molecular weight excluding hydrogens is 264 g/mol. The van der Waals surface area contributed by atoms with Crippen LogP contribution in [0, 0.1) is 11.8 Å². The second-order valence-corrected chi connectivity index (χ2v) is 6.68. The van der Waals surface area contributed by atoms with Gasteiger partial charge < -0.3 is 15.2 Å². The molecule has 2 N–H and O–H groups in total. The summed E-state index contributed by atoms with van der Waals surface area (Å²) in [6, 6.07) is 3.93. The minimum absolute atomic E-state index is 0.596. The number of hydrogen-bond donors (Lipinski definition) is 1. The summed E-state index contributed by atoms with van der Waals surface area (Å²) in [4.78, 5) is 2.47. The van der Waals surface area contributed by atoms with E-state index < -0.39 is 0 Å². The molecule has 0 spiro atoms. The lowest BCUT2D eigenvalue weighted by molar-refractivity contribution is 0.170. The third-order valence-corrected chi connectivity index (χ3v) is 3.44. The second kappa shape index (κ2) is 7.03. The van der Waals surface area contributed by atoms with Crippen LogP contribution in [0.25, 0.3) is 0 Å². The molecule has 1 aromatic carbocycles. The van der Waals surface area contributed by atoms with Gasteiger partial charge in [-0.2, -0.15) is 0 Å². The number of nitrogens with two attached hydrogens (primary N) is 1. The lowest BCUT2D eigenvalue weighted by atomic mass is 10.1. The summed E-state index contributed by atoms with van der Waals surface area (Å²) in [6.07, 6.45) is 0. The fraction of sp³-hybridized carbons (Fsp3) is 0.647. The smallest absolute Gasteiger partial charge is 0.163 e. The SMILES string of the molecule is CC(C)CN(Cc1cc2c(cc1N)OCCO2)CC(C)C. The van der Waals surface area contributed by atoms with Crippen LogP contribution in [-0.4, -0.2) is 31.2 Å². The van der Waals surface area contributed by atoms with Gasteiger partial charge in [-0.05, 0) is 23.5 Å². The maximum absolute atomic E-state index is 6.19. The molecular formula is C17H28N2O2. The highest BCUT2D eigenvalue weighted by Crippen LogP contribution is 2.35. The molecule has 0 aromatic heterocycles. The summed E-state index contributed by atoms with van der Waals surface area (Å²) in [5.74, 6) is 2.87. The average Bonchev–Trinajstić information content (AvgIpc) is 2.38. The fourth-order valence-electron chi connectivity index (χ4n) is 2.76. The van der Waals surface area contributed by atoms with Gasteiger partial charge in [0.2, 0.25) is 0 Å². The molecule has 1 aliphatic heterocycles. The second-order valence-electron chi connectivity index (χ2n) is 6.68. The quantitative estimate of drug-likeness (QED) is 0.818. The van der Waals surface area contributed by atoms with Crippen LogP contribution >= 0.6 is 0 Å². The number of nitrogens with zero attached hydrogens (tertiary/aromatic N) is 1. The fourth-order valence-corrected chi connectivity index (χ4v) is 2.76. The Bertz CT molecular complexity index is 462. The maximum atomic E-state index is 6.19. The van der Waals surface area contributed by atoms with Gasteiger partial charge in [-0.1, -0.05) is 27.7 Å². The number of nitrogen functional groups attached to an aromatic ring is 1. The molecule has 4 nitrogen and oxygen atoms in total. The number of benzene rings is 1. The monoisotopic (exact) mass is 292 g/mol. The zero-order valence-corrected chi connectivity index (χ0v) is 13.7. The van der Waals surface area contributed by atoms with E-state index in [-0.39, 0.29) is 0 Å². The predicted octanol–water partition coefficient (Wildman–Crippen LogP) is 3.15. The molecule has 1 aliphatic rings. The van der Waals surface area contributed by atoms with Gasteiger partial charge in [0, 0.05) is 31.4 Å². The van der Waals surface area contributed by atoms with Crippen LogP contribution in [0.4, 0.5) is 5.69 Å². The zero-order valence-electron chi connectivity index (χ0n) is 13.7. The molecule has 0 atom stereocenters. The Morgan fingerprint density at radius 2 is 1.52 bits per heavy atom. The molecule has 0 bridgehead atoms. The summed E-state index contributed by atoms with van der Waals surface area (Å²) < 4.78 is 11.2. The normalized spacial score (nSPS) is 14.2. The Morgan fingerprint density at radius 1 is 1.00 bits per heavy atom. The highest BCUT2D eigenvalue weighted by atomic mass is 16.6. The number of ether oxygens (including phenoxy) is 2. The van der Waals surface area contributed by atoms with Crippen molar-refractivity contribution >= 4 is 5.69 Å². The van der Waals surface area contributed by atoms with Crippen LogP contribution in [0.3, 0.4) is 0 Å². The van der Waals surface area contributed by atoms with Crippen molar-refractivity contribution in [2.75, 3.05) is 32.0 Å². The molecule has 1 heterocycles. The molecule has 2 rings (SSSR count). The molecule has 0 aliphatic carbocycles. The van der Waals surface area contributed by atoms with Crippen molar-refractivity contribution in [1.82, 2.24) is 4.90 Å². The maximum Gasteiger partial charge on any atom is 0.163 e. The third kappa shape index (κ3) is 4.53. The minimum Gasteiger partial charge on any atom is -0.486 e. The van der Waals surface area contributed by atoms with E-state index in [2.05, 4.69) is 32.6 Å². The van der Waals surface area contributed by atoms with Crippen LogP contribution in [0.1, 0.15) is 33.3 Å². The van der Waals surface area contributed by atoms with E-state index in [4.69, 9.17) is 15.2 Å². The van der Waals surface area contributed by atoms with Gasteiger partial charge in [-0.25, -0.2) is 0 Å². The Kier molecular flexibility index (Phi) is 5.34. The van der Waals surface area contributed by atoms with Crippen molar-refractivity contribution < 1.29 is 9.47 Å². The van der Waals surface area contributed by atoms with Gasteiger partial charge in [-0.15, -0.1) is 0 Å². The molecule has 0 unspecified atom stereocenters. The molecule has 4 heteroatoms. The molecule has 21 heavy (non-hydrogen) atoms. The lowest BCUT2D eigenvalue weighted by Gasteiger charge is -2.27. The molecule has 118 valence electrons. The standard InChI is InChI=1S/C17H28N2O2/c1-12(2)9-19(10-13(3)4)11-14-7-16-17(8-15(14)18)21-6-5-20-16/h7-8,12-13H,5-6,9-11,18H2,1-4H3. The van der Waals surface area contributed by atoms with Crippen molar-refractivity contribution in [3.63, 3.8) is 0 Å². The molecule has 0 amide bonds. The predicted molar refractivity (Wildman–Crippen MR) is 86.8 cm³/mol. The summed E-state index contributed by atoms with van der Waals surface area (Å²) in [5.41, 5.74) is 8.11. The van der Waals surface area contributed by atoms with E-state index in [1.165, 1.54) is 0 Å². The summed E-state index contributed by atoms with van der Waals surface area (Å²) in [7, 11) is 0. The van der Waals surface area contributed by atoms with Gasteiger partial charge >= 0.3 is 0 Å². The van der Waals surface area contributed by atoms with Crippen molar-refractivity contribution in [1.29, 1.82) is 0 Å². The van der Waals surface area contributed by atoms with Crippen LogP contribution in [0.15, 0.2) is 12.1 Å². The zero-order chi connectivity index (χ0) is 15.4. The Hall–Kier alpha value is -1.42. The number of fused-ring (bicyclic) bond motifs is 1. The highest BCUT2D eigenvalue weighted by Gasteiger charge is 2.17. The third-order valence-electron chi connectivity index (χ3n) is 3.44. The van der Waals surface area contributed by atoms with Crippen LogP contribution < -0.4 is 15.2 Å². The Balaban J connectivity index is 2.15. The molecule has 0 fully saturated rings. The molecule has 0 saturated carbocycles. The first kappa shape index (κ1) is 16.0. The number of rotatable bonds is 6. The van der Waals surface area contributed by atoms with Crippen LogP contribution in [-0.2, 0) is 6.54 Å². The lowest BCUT2D eigenvalue weighted by Crippen LogP contribution is -2.31. The van der Waals surface area contributed by atoms with Gasteiger partial charge in [0.05, 0.1) is 0 Å². The van der Waals surface area contributed by atoms with Crippen molar-refractivity contribution in [2.45, 2.75) is 34.2 Å². The summed E-state index contributed by atoms with van der Waals surface area (Å²) in [5, 5.41) is 0. The highest BCUT2D eigenvalue weighted by molar-refractivity contribution is 5.58. The van der Waals surface area contributed by atoms with E-state index in [9.17, 15) is 0 Å². The van der Waals surface area contributed by atoms with E-state index >= 15 is 0 Å². The molecule has 1 aromatic rings. The van der Waals surface area contributed by atoms with E-state index in [1.807, 2.05) is 12.1 Å². The average molecular weight is 292 g/mol. The van der Waals surface area contributed by atoms with Gasteiger partial charge in [0.15, 0.2) is 11.5 Å². The summed E-state index contributed by atoms with van der Waals surface area (Å²) >= 11 is 0. The van der Waals surface area contributed by atoms with Gasteiger partial charge in [0.25, 0.3) is 0 Å². The van der Waals surface area contributed by atoms with Crippen molar-refractivity contribution in [3.05, 3.63) is 17.7 Å². The van der Waals surface area contributed by atoms with Crippen molar-refractivity contribution in [2.24, 2.45) is 11.8 Å². The van der Waals surface area contributed by atoms with Crippen LogP contribution in [0.5, 0.6) is 11.5 Å². The molecule has 0 radical (unpaired) electrons. The molecule has 0 saturated heterocycles. The number of hydrogen-bond acceptors (Lipinski definition) is 4. The Morgan fingerprint density at radius 3 is 2.05 bits per heavy atom. The van der Waals surface area contributed by atoms with E-state index in [0.29, 0.717) is 25.0 Å². The Labute approximate surface area is 128 Å². The van der Waals surface area contributed by atoms with Crippen molar-refractivity contribution in [3.8, 4) is 11.5 Å². The first-order chi connectivity index (χ1) is 9.95. The topological polar surface area (TPSA) is 47.7 Å². The van der Waals surface area contributed by atoms with E-state index in [1.54, 1.807) is 0 Å². The minimum atomic E-state index is 0.596. The van der Waals surface area contributed by atoms with E-state index in [0.717, 1.165) is 42.4 Å². The first-order valence-electron chi connectivity index (χ1n) is 7.86. The van der Waals surface area contributed by atoms with Gasteiger partial charge in [0.1, 0.15) is 13.2 Å². The van der Waals surface area contributed by atoms with Gasteiger partial charge in [-0.3, -0.25) is 4.90 Å². The van der Waals surface area contributed by atoms with Crippen LogP contribution in [0.2, 0.25) is 0 Å². The number of anilines is 1. The summed E-state index contributed by atoms with van der Waals surface area (Å²) in [6.45, 7) is 13.2.